The van der Waals surface area contributed by atoms with Crippen molar-refractivity contribution in [3.63, 3.8) is 0 Å². The SMILES string of the molecule is COC(=O)[C@H](CCNC(=O)C(=O)Cc1cc(F)c(F)cc1F)NC(=O)c1ccc(Nc2nc(NC3(c4ccc(Cl)cc4)CC3)nc(OCC(F)(F)F)n2)cc1. The molecular weight excluding hydrogens is 764 g/mol. The average Bonchev–Trinajstić information content (AvgIpc) is 3.92. The fourth-order valence-corrected chi connectivity index (χ4v) is 5.25. The van der Waals surface area contributed by atoms with Gasteiger partial charge < -0.3 is 30.7 Å². The normalized spacial score (nSPS) is 13.6. The van der Waals surface area contributed by atoms with Crippen LogP contribution in [0, 0.1) is 17.5 Å². The predicted octanol–water partition coefficient (Wildman–Crippen LogP) is 5.32. The number of hydrogen-bond donors (Lipinski definition) is 4. The minimum absolute atomic E-state index is 0.0538. The number of anilines is 3. The van der Waals surface area contributed by atoms with Gasteiger partial charge in [-0.1, -0.05) is 23.7 Å². The Bertz CT molecular complexity index is 2070. The second-order valence-electron chi connectivity index (χ2n) is 12.1. The van der Waals surface area contributed by atoms with Gasteiger partial charge in [-0.3, -0.25) is 14.4 Å². The molecular formula is C35H30ClF6N7O6. The van der Waals surface area contributed by atoms with Crippen LogP contribution in [0.2, 0.25) is 5.02 Å². The molecule has 0 saturated heterocycles. The number of aromatic nitrogens is 3. The second-order valence-corrected chi connectivity index (χ2v) is 12.6. The maximum Gasteiger partial charge on any atom is 0.422 e. The van der Waals surface area contributed by atoms with Crippen LogP contribution in [0.25, 0.3) is 0 Å². The largest absolute Gasteiger partial charge is 0.467 e. The third-order valence-corrected chi connectivity index (χ3v) is 8.34. The fourth-order valence-electron chi connectivity index (χ4n) is 5.12. The van der Waals surface area contributed by atoms with Crippen molar-refractivity contribution in [1.29, 1.82) is 0 Å². The number of ether oxygens (including phenoxy) is 2. The summed E-state index contributed by atoms with van der Waals surface area (Å²) in [6.45, 7) is -1.98. The van der Waals surface area contributed by atoms with Crippen LogP contribution in [0.1, 0.15) is 40.7 Å². The van der Waals surface area contributed by atoms with Gasteiger partial charge in [0.15, 0.2) is 18.2 Å². The third kappa shape index (κ3) is 11.0. The Morgan fingerprint density at radius 1 is 0.891 bits per heavy atom. The molecule has 1 heterocycles. The van der Waals surface area contributed by atoms with E-state index >= 15 is 0 Å². The number of amides is 2. The minimum Gasteiger partial charge on any atom is -0.467 e. The number of Topliss-reactive ketones (excluding diaryl/α,β-unsaturated/α-hetero) is 1. The van der Waals surface area contributed by atoms with Gasteiger partial charge >= 0.3 is 18.2 Å². The molecule has 0 aliphatic heterocycles. The van der Waals surface area contributed by atoms with E-state index in [4.69, 9.17) is 21.1 Å². The Kier molecular flexibility index (Phi) is 12.4. The van der Waals surface area contributed by atoms with E-state index in [-0.39, 0.29) is 36.5 Å². The van der Waals surface area contributed by atoms with Gasteiger partial charge in [-0.2, -0.15) is 28.1 Å². The Balaban J connectivity index is 1.21. The van der Waals surface area contributed by atoms with Crippen LogP contribution in [-0.2, 0) is 31.1 Å². The summed E-state index contributed by atoms with van der Waals surface area (Å²) in [5.41, 5.74) is 0.0973. The van der Waals surface area contributed by atoms with Crippen LogP contribution < -0.4 is 26.0 Å². The van der Waals surface area contributed by atoms with E-state index in [0.717, 1.165) is 12.7 Å². The van der Waals surface area contributed by atoms with Crippen LogP contribution in [-0.4, -0.2) is 71.0 Å². The number of carbonyl (C=O) groups excluding carboxylic acids is 4. The third-order valence-electron chi connectivity index (χ3n) is 8.08. The molecule has 1 atom stereocenters. The number of rotatable bonds is 16. The molecule has 3 aromatic carbocycles. The number of ketones is 1. The average molecular weight is 794 g/mol. The van der Waals surface area contributed by atoms with Gasteiger partial charge in [-0.15, -0.1) is 0 Å². The van der Waals surface area contributed by atoms with Crippen LogP contribution in [0.4, 0.5) is 43.9 Å². The highest BCUT2D eigenvalue weighted by molar-refractivity contribution is 6.36. The van der Waals surface area contributed by atoms with Crippen LogP contribution >= 0.6 is 11.6 Å². The monoisotopic (exact) mass is 793 g/mol. The molecule has 290 valence electrons. The highest BCUT2D eigenvalue weighted by atomic mass is 35.5. The lowest BCUT2D eigenvalue weighted by atomic mass is 10.1. The van der Waals surface area contributed by atoms with Gasteiger partial charge in [0.1, 0.15) is 11.9 Å². The standard InChI is InChI=1S/C35H30ClF6N7O6/c1-54-30(53)26(10-13-43-29(52)27(50)15-19-14-24(38)25(39)16-23(19)37)45-28(51)18-2-8-22(9-3-18)44-31-46-32(48-33(47-31)55-17-35(40,41)42)49-34(11-12-34)20-4-6-21(36)7-5-20/h2-9,14,16,26H,10-13,15,17H2,1H3,(H,43,52)(H,45,51)(H2,44,46,47,48,49)/t26-/m0/s1. The first-order valence-corrected chi connectivity index (χ1v) is 16.6. The molecule has 55 heavy (non-hydrogen) atoms. The number of methoxy groups -OCH3 is 1. The van der Waals surface area contributed by atoms with Gasteiger partial charge in [0.05, 0.1) is 12.6 Å². The molecule has 5 rings (SSSR count). The van der Waals surface area contributed by atoms with E-state index in [1.165, 1.54) is 24.3 Å². The van der Waals surface area contributed by atoms with Gasteiger partial charge in [-0.25, -0.2) is 18.0 Å². The number of halogens is 7. The Morgan fingerprint density at radius 3 is 2.18 bits per heavy atom. The predicted molar refractivity (Wildman–Crippen MR) is 183 cm³/mol. The van der Waals surface area contributed by atoms with E-state index in [0.29, 0.717) is 29.6 Å². The lowest BCUT2D eigenvalue weighted by molar-refractivity contribution is -0.154. The first-order chi connectivity index (χ1) is 26.0. The fraction of sp³-hybridized carbons (Fsp3) is 0.286. The van der Waals surface area contributed by atoms with Crippen LogP contribution in [0.5, 0.6) is 6.01 Å². The van der Waals surface area contributed by atoms with Crippen molar-refractivity contribution in [2.45, 2.75) is 43.4 Å². The highest BCUT2D eigenvalue weighted by Crippen LogP contribution is 2.48. The lowest BCUT2D eigenvalue weighted by Crippen LogP contribution is -2.44. The van der Waals surface area contributed by atoms with E-state index in [1.807, 2.05) is 12.1 Å². The second kappa shape index (κ2) is 17.0. The quantitative estimate of drug-likeness (QED) is 0.0501. The van der Waals surface area contributed by atoms with E-state index in [1.54, 1.807) is 12.1 Å². The Morgan fingerprint density at radius 2 is 1.55 bits per heavy atom. The molecule has 0 radical (unpaired) electrons. The Hall–Kier alpha value is -5.98. The summed E-state index contributed by atoms with van der Waals surface area (Å²) in [6.07, 6.45) is -4.41. The Labute approximate surface area is 313 Å². The molecule has 1 fully saturated rings. The summed E-state index contributed by atoms with van der Waals surface area (Å²) in [4.78, 5) is 62.1. The molecule has 0 spiro atoms. The van der Waals surface area contributed by atoms with E-state index in [2.05, 4.69) is 36.2 Å². The number of esters is 1. The van der Waals surface area contributed by atoms with Gasteiger partial charge in [0, 0.05) is 35.3 Å². The summed E-state index contributed by atoms with van der Waals surface area (Å²) >= 11 is 6.01. The number of benzene rings is 3. The molecule has 1 aromatic heterocycles. The summed E-state index contributed by atoms with van der Waals surface area (Å²) < 4.78 is 88.8. The van der Waals surface area contributed by atoms with E-state index < -0.39 is 83.4 Å². The van der Waals surface area contributed by atoms with Crippen molar-refractivity contribution >= 4 is 52.8 Å². The summed E-state index contributed by atoms with van der Waals surface area (Å²) in [5, 5.41) is 11.2. The van der Waals surface area contributed by atoms with Crippen LogP contribution in [0.3, 0.4) is 0 Å². The topological polar surface area (TPSA) is 174 Å². The van der Waals surface area contributed by atoms with E-state index in [9.17, 15) is 45.5 Å². The lowest BCUT2D eigenvalue weighted by Gasteiger charge is -2.19. The number of carbonyl (C=O) groups is 4. The number of nitrogens with zero attached hydrogens (tertiary/aromatic N) is 3. The number of alkyl halides is 3. The molecule has 1 aliphatic rings. The molecule has 4 aromatic rings. The van der Waals surface area contributed by atoms with Crippen molar-refractivity contribution in [2.75, 3.05) is 30.9 Å². The zero-order chi connectivity index (χ0) is 39.9. The maximum absolute atomic E-state index is 13.9. The zero-order valence-corrected chi connectivity index (χ0v) is 29.3. The first kappa shape index (κ1) is 40.2. The summed E-state index contributed by atoms with van der Waals surface area (Å²) in [6, 6.07) is 11.4. The highest BCUT2D eigenvalue weighted by Gasteiger charge is 2.45. The van der Waals surface area contributed by atoms with Crippen molar-refractivity contribution in [3.8, 4) is 6.01 Å². The molecule has 13 nitrogen and oxygen atoms in total. The molecule has 1 saturated carbocycles. The molecule has 1 aliphatic carbocycles. The summed E-state index contributed by atoms with van der Waals surface area (Å²) in [7, 11) is 1.06. The molecule has 20 heteroatoms. The first-order valence-electron chi connectivity index (χ1n) is 16.2. The summed E-state index contributed by atoms with van der Waals surface area (Å²) in [5.74, 6) is -8.33. The number of nitrogens with one attached hydrogen (secondary N) is 4. The maximum atomic E-state index is 13.9. The smallest absolute Gasteiger partial charge is 0.422 e. The van der Waals surface area contributed by atoms with Crippen molar-refractivity contribution < 1.29 is 55.0 Å². The molecule has 2 amide bonds. The zero-order valence-electron chi connectivity index (χ0n) is 28.5. The van der Waals surface area contributed by atoms with Crippen molar-refractivity contribution in [3.05, 3.63) is 99.8 Å². The van der Waals surface area contributed by atoms with Crippen LogP contribution in [0.15, 0.2) is 60.7 Å². The molecule has 0 unspecified atom stereocenters. The van der Waals surface area contributed by atoms with Gasteiger partial charge in [-0.05, 0) is 72.9 Å². The number of hydrogen-bond acceptors (Lipinski definition) is 11. The van der Waals surface area contributed by atoms with Crippen molar-refractivity contribution in [1.82, 2.24) is 25.6 Å². The minimum atomic E-state index is -4.66. The van der Waals surface area contributed by atoms with Gasteiger partial charge in [0.2, 0.25) is 17.7 Å². The molecule has 0 bridgehead atoms. The van der Waals surface area contributed by atoms with Crippen molar-refractivity contribution in [2.24, 2.45) is 0 Å². The van der Waals surface area contributed by atoms with Gasteiger partial charge in [0.25, 0.3) is 11.8 Å². The molecule has 4 N–H and O–H groups in total.